The van der Waals surface area contributed by atoms with Gasteiger partial charge in [0.05, 0.1) is 38.3 Å². The van der Waals surface area contributed by atoms with Gasteiger partial charge in [0.1, 0.15) is 23.0 Å². The fraction of sp³-hybridized carbons (Fsp3) is 0.286. The van der Waals surface area contributed by atoms with E-state index >= 15 is 0 Å². The largest absolute Gasteiger partial charge is 0.497 e. The first-order chi connectivity index (χ1) is 13.2. The lowest BCUT2D eigenvalue weighted by Gasteiger charge is -2.33. The summed E-state index contributed by atoms with van der Waals surface area (Å²) < 4.78 is 5.34. The Hall–Kier alpha value is -2.08. The Bertz CT molecular complexity index is 906. The zero-order valence-corrected chi connectivity index (χ0v) is 16.9. The number of hydrogen-bond acceptors (Lipinski definition) is 4. The second-order valence-electron chi connectivity index (χ2n) is 6.74. The summed E-state index contributed by atoms with van der Waals surface area (Å²) in [5.74, 6) is 0.914. The second kappa shape index (κ2) is 8.30. The number of nitrogens with zero attached hydrogens (tertiary/aromatic N) is 2. The molecule has 140 valence electrons. The van der Waals surface area contributed by atoms with Crippen molar-refractivity contribution in [2.24, 2.45) is 0 Å². The fourth-order valence-corrected chi connectivity index (χ4v) is 4.61. The second-order valence-corrected chi connectivity index (χ2v) is 8.00. The molecule has 0 aliphatic carbocycles. The Morgan fingerprint density at radius 1 is 1.15 bits per heavy atom. The van der Waals surface area contributed by atoms with E-state index in [1.807, 2.05) is 30.3 Å². The monoisotopic (exact) mass is 400 g/mol. The van der Waals surface area contributed by atoms with E-state index in [0.29, 0.717) is 0 Å². The third kappa shape index (κ3) is 4.26. The SMILES string of the molecule is COc1cccc(N2CC[NH+](Cc3csc(-c4ccccc4Cl)n3)CC2)c1. The quantitative estimate of drug-likeness (QED) is 0.712. The molecule has 0 bridgehead atoms. The molecule has 2 heterocycles. The summed E-state index contributed by atoms with van der Waals surface area (Å²) in [7, 11) is 1.71. The van der Waals surface area contributed by atoms with Gasteiger partial charge < -0.3 is 14.5 Å². The highest BCUT2D eigenvalue weighted by atomic mass is 35.5. The fourth-order valence-electron chi connectivity index (χ4n) is 3.47. The number of ether oxygens (including phenoxy) is 1. The van der Waals surface area contributed by atoms with E-state index in [0.717, 1.165) is 59.8 Å². The lowest BCUT2D eigenvalue weighted by molar-refractivity contribution is -0.914. The smallest absolute Gasteiger partial charge is 0.125 e. The first-order valence-corrected chi connectivity index (χ1v) is 10.4. The van der Waals surface area contributed by atoms with Crippen molar-refractivity contribution in [2.75, 3.05) is 38.2 Å². The van der Waals surface area contributed by atoms with Gasteiger partial charge in [0, 0.05) is 22.7 Å². The average Bonchev–Trinajstić information content (AvgIpc) is 3.17. The van der Waals surface area contributed by atoms with Crippen molar-refractivity contribution >= 4 is 28.6 Å². The van der Waals surface area contributed by atoms with Gasteiger partial charge in [-0.25, -0.2) is 4.98 Å². The Morgan fingerprint density at radius 3 is 2.74 bits per heavy atom. The minimum absolute atomic E-state index is 0.762. The van der Waals surface area contributed by atoms with E-state index in [-0.39, 0.29) is 0 Å². The highest BCUT2D eigenvalue weighted by Gasteiger charge is 2.21. The number of thiazole rings is 1. The molecule has 0 radical (unpaired) electrons. The van der Waals surface area contributed by atoms with E-state index in [2.05, 4.69) is 28.5 Å². The molecule has 4 nitrogen and oxygen atoms in total. The number of hydrogen-bond donors (Lipinski definition) is 1. The van der Waals surface area contributed by atoms with Crippen LogP contribution in [0.15, 0.2) is 53.9 Å². The maximum absolute atomic E-state index is 6.30. The number of anilines is 1. The summed E-state index contributed by atoms with van der Waals surface area (Å²) in [5.41, 5.74) is 3.41. The van der Waals surface area contributed by atoms with Crippen molar-refractivity contribution in [3.8, 4) is 16.3 Å². The summed E-state index contributed by atoms with van der Waals surface area (Å²) >= 11 is 7.98. The van der Waals surface area contributed by atoms with E-state index in [1.54, 1.807) is 23.3 Å². The van der Waals surface area contributed by atoms with Crippen LogP contribution in [-0.2, 0) is 6.54 Å². The lowest BCUT2D eigenvalue weighted by atomic mass is 10.2. The lowest BCUT2D eigenvalue weighted by Crippen LogP contribution is -3.13. The zero-order chi connectivity index (χ0) is 18.6. The van der Waals surface area contributed by atoms with Crippen molar-refractivity contribution < 1.29 is 9.64 Å². The van der Waals surface area contributed by atoms with Gasteiger partial charge in [-0.15, -0.1) is 11.3 Å². The molecule has 3 aromatic rings. The molecule has 0 amide bonds. The van der Waals surface area contributed by atoms with Crippen LogP contribution in [0, 0.1) is 0 Å². The molecule has 1 aromatic heterocycles. The molecule has 1 fully saturated rings. The molecule has 1 N–H and O–H groups in total. The third-order valence-corrected chi connectivity index (χ3v) is 6.23. The highest BCUT2D eigenvalue weighted by molar-refractivity contribution is 7.13. The van der Waals surface area contributed by atoms with Gasteiger partial charge in [-0.1, -0.05) is 35.9 Å². The van der Waals surface area contributed by atoms with Crippen LogP contribution in [0.2, 0.25) is 5.02 Å². The number of benzene rings is 2. The van der Waals surface area contributed by atoms with Crippen molar-refractivity contribution in [1.29, 1.82) is 0 Å². The number of quaternary nitrogens is 1. The Kier molecular flexibility index (Phi) is 5.62. The molecule has 1 aliphatic heterocycles. The van der Waals surface area contributed by atoms with Gasteiger partial charge in [-0.2, -0.15) is 0 Å². The van der Waals surface area contributed by atoms with Crippen molar-refractivity contribution in [2.45, 2.75) is 6.54 Å². The third-order valence-electron chi connectivity index (χ3n) is 4.98. The number of piperazine rings is 1. The van der Waals surface area contributed by atoms with Crippen LogP contribution in [0.1, 0.15) is 5.69 Å². The first kappa shape index (κ1) is 18.3. The number of halogens is 1. The summed E-state index contributed by atoms with van der Waals surface area (Å²) in [4.78, 5) is 8.83. The molecule has 2 aromatic carbocycles. The van der Waals surface area contributed by atoms with Crippen molar-refractivity contribution in [1.82, 2.24) is 4.98 Å². The van der Waals surface area contributed by atoms with E-state index in [1.165, 1.54) is 5.69 Å². The molecule has 6 heteroatoms. The van der Waals surface area contributed by atoms with Crippen molar-refractivity contribution in [3.05, 3.63) is 64.6 Å². The maximum Gasteiger partial charge on any atom is 0.125 e. The van der Waals surface area contributed by atoms with Crippen LogP contribution in [0.4, 0.5) is 5.69 Å². The van der Waals surface area contributed by atoms with Crippen LogP contribution in [0.3, 0.4) is 0 Å². The van der Waals surface area contributed by atoms with Crippen LogP contribution >= 0.6 is 22.9 Å². The molecule has 0 unspecified atom stereocenters. The Labute approximate surface area is 169 Å². The first-order valence-electron chi connectivity index (χ1n) is 9.15. The van der Waals surface area contributed by atoms with Gasteiger partial charge in [0.2, 0.25) is 0 Å². The average molecular weight is 401 g/mol. The van der Waals surface area contributed by atoms with Crippen molar-refractivity contribution in [3.63, 3.8) is 0 Å². The van der Waals surface area contributed by atoms with E-state index in [4.69, 9.17) is 21.3 Å². The molecular weight excluding hydrogens is 378 g/mol. The zero-order valence-electron chi connectivity index (χ0n) is 15.3. The van der Waals surface area contributed by atoms with E-state index < -0.39 is 0 Å². The van der Waals surface area contributed by atoms with Crippen LogP contribution < -0.4 is 14.5 Å². The number of rotatable bonds is 5. The summed E-state index contributed by atoms with van der Waals surface area (Å²) in [6.45, 7) is 5.27. The normalized spacial score (nSPS) is 15.1. The van der Waals surface area contributed by atoms with Gasteiger partial charge in [0.25, 0.3) is 0 Å². The van der Waals surface area contributed by atoms with Gasteiger partial charge in [-0.3, -0.25) is 0 Å². The molecular formula is C21H23ClN3OS+. The van der Waals surface area contributed by atoms with Crippen LogP contribution in [0.5, 0.6) is 5.75 Å². The molecule has 0 saturated carbocycles. The predicted molar refractivity (Wildman–Crippen MR) is 112 cm³/mol. The Morgan fingerprint density at radius 2 is 1.96 bits per heavy atom. The maximum atomic E-state index is 6.30. The molecule has 0 spiro atoms. The van der Waals surface area contributed by atoms with Gasteiger partial charge in [-0.05, 0) is 18.2 Å². The van der Waals surface area contributed by atoms with Gasteiger partial charge >= 0.3 is 0 Å². The summed E-state index contributed by atoms with van der Waals surface area (Å²) in [6, 6.07) is 16.2. The summed E-state index contributed by atoms with van der Waals surface area (Å²) in [6.07, 6.45) is 0. The molecule has 0 atom stereocenters. The number of methoxy groups -OCH3 is 1. The Balaban J connectivity index is 1.36. The van der Waals surface area contributed by atoms with Gasteiger partial charge in [0.15, 0.2) is 0 Å². The summed E-state index contributed by atoms with van der Waals surface area (Å²) in [5, 5.41) is 3.93. The molecule has 4 rings (SSSR count). The van der Waals surface area contributed by atoms with Crippen LogP contribution in [-0.4, -0.2) is 38.3 Å². The number of nitrogens with one attached hydrogen (secondary N) is 1. The highest BCUT2D eigenvalue weighted by Crippen LogP contribution is 2.30. The standard InChI is InChI=1S/C21H22ClN3OS/c1-26-18-6-4-5-17(13-18)25-11-9-24(10-12-25)14-16-15-27-21(23-16)19-7-2-3-8-20(19)22/h2-8,13,15H,9-12,14H2,1H3/p+1. The predicted octanol–water partition coefficient (Wildman–Crippen LogP) is 3.38. The molecule has 1 aliphatic rings. The minimum atomic E-state index is 0.762. The molecule has 27 heavy (non-hydrogen) atoms. The molecule has 1 saturated heterocycles. The topological polar surface area (TPSA) is 29.8 Å². The van der Waals surface area contributed by atoms with Crippen LogP contribution in [0.25, 0.3) is 10.6 Å². The minimum Gasteiger partial charge on any atom is -0.497 e. The van der Waals surface area contributed by atoms with E-state index in [9.17, 15) is 0 Å². The number of aromatic nitrogens is 1.